The number of rotatable bonds is 4. The van der Waals surface area contributed by atoms with E-state index in [1.165, 1.54) is 0 Å². The van der Waals surface area contributed by atoms with E-state index in [-0.39, 0.29) is 51.3 Å². The summed E-state index contributed by atoms with van der Waals surface area (Å²) in [5.41, 5.74) is 5.87. The molecule has 0 spiro atoms. The first-order valence-corrected chi connectivity index (χ1v) is 15.7. The third kappa shape index (κ3) is 3.93. The summed E-state index contributed by atoms with van der Waals surface area (Å²) in [6.45, 7) is 0. The van der Waals surface area contributed by atoms with Crippen LogP contribution in [0.15, 0.2) is 179 Å². The molecule has 2 heteroatoms. The van der Waals surface area contributed by atoms with E-state index in [0.717, 1.165) is 22.1 Å². The molecule has 0 bridgehead atoms. The van der Waals surface area contributed by atoms with Gasteiger partial charge in [-0.2, -0.15) is 0 Å². The lowest BCUT2D eigenvalue weighted by Crippen LogP contribution is -1.91. The first kappa shape index (κ1) is 20.0. The Labute approximate surface area is 288 Å². The Kier molecular flexibility index (Phi) is 4.41. The summed E-state index contributed by atoms with van der Waals surface area (Å²) >= 11 is 0. The van der Waals surface area contributed by atoms with Crippen molar-refractivity contribution in [2.75, 3.05) is 0 Å². The van der Waals surface area contributed by atoms with Gasteiger partial charge in [-0.15, -0.1) is 0 Å². The average Bonchev–Trinajstić information content (AvgIpc) is 3.83. The second kappa shape index (κ2) is 10.6. The van der Waals surface area contributed by atoms with Crippen molar-refractivity contribution in [2.45, 2.75) is 0 Å². The predicted octanol–water partition coefficient (Wildman–Crippen LogP) is 13.3. The molecule has 2 heterocycles. The third-order valence-electron chi connectivity index (χ3n) is 9.13. The second-order valence-electron chi connectivity index (χ2n) is 11.8. The van der Waals surface area contributed by atoms with Gasteiger partial charge in [-0.3, -0.25) is 0 Å². The second-order valence-corrected chi connectivity index (χ2v) is 11.8. The number of hydrogen-bond donors (Lipinski definition) is 0. The molecule has 0 unspecified atom stereocenters. The van der Waals surface area contributed by atoms with E-state index in [1.54, 1.807) is 30.3 Å². The van der Waals surface area contributed by atoms with Crippen LogP contribution in [-0.4, -0.2) is 0 Å². The summed E-state index contributed by atoms with van der Waals surface area (Å²) in [5, 5.41) is 2.73. The Morgan fingerprint density at radius 1 is 0.375 bits per heavy atom. The van der Waals surface area contributed by atoms with E-state index in [1.807, 2.05) is 91.0 Å². The molecular formula is C46H28O2. The van der Waals surface area contributed by atoms with Crippen LogP contribution >= 0.6 is 0 Å². The maximum absolute atomic E-state index is 9.38. The molecule has 0 amide bonds. The van der Waals surface area contributed by atoms with Crippen molar-refractivity contribution in [1.29, 1.82) is 0 Å². The van der Waals surface area contributed by atoms with Crippen molar-refractivity contribution < 1.29 is 19.8 Å². The van der Waals surface area contributed by atoms with Crippen LogP contribution in [0.2, 0.25) is 0 Å². The highest BCUT2D eigenvalue weighted by atomic mass is 16.4. The molecule has 0 saturated heterocycles. The monoisotopic (exact) mass is 620 g/mol. The molecule has 224 valence electrons. The van der Waals surface area contributed by atoms with Gasteiger partial charge in [0, 0.05) is 27.3 Å². The fourth-order valence-corrected chi connectivity index (χ4v) is 7.12. The third-order valence-corrected chi connectivity index (χ3v) is 9.13. The molecule has 0 aliphatic heterocycles. The van der Waals surface area contributed by atoms with Crippen molar-refractivity contribution in [1.82, 2.24) is 0 Å². The molecule has 0 aliphatic rings. The normalized spacial score (nSPS) is 14.1. The fraction of sp³-hybridized carbons (Fsp3) is 0. The van der Waals surface area contributed by atoms with Crippen molar-refractivity contribution in [2.24, 2.45) is 0 Å². The average molecular weight is 621 g/mol. The summed E-state index contributed by atoms with van der Waals surface area (Å²) < 4.78 is 85.9. The predicted molar refractivity (Wildman–Crippen MR) is 200 cm³/mol. The van der Waals surface area contributed by atoms with E-state index in [0.29, 0.717) is 50.0 Å². The van der Waals surface area contributed by atoms with Crippen LogP contribution in [0, 0.1) is 0 Å². The Bertz CT molecular complexity index is 3180. The Balaban J connectivity index is 1.41. The first-order chi connectivity index (χ1) is 27.2. The maximum atomic E-state index is 9.38. The quantitative estimate of drug-likeness (QED) is 0.183. The summed E-state index contributed by atoms with van der Waals surface area (Å²) in [7, 11) is 0. The lowest BCUT2D eigenvalue weighted by Gasteiger charge is -2.18. The molecule has 2 nitrogen and oxygen atoms in total. The number of fused-ring (bicyclic) bond motifs is 7. The van der Waals surface area contributed by atoms with E-state index in [9.17, 15) is 5.48 Å². The molecule has 0 radical (unpaired) electrons. The lowest BCUT2D eigenvalue weighted by molar-refractivity contribution is 0.612. The standard InChI is InChI=1S/C46H28O2/c1-4-15-29(16-5-1)40-32-21-10-12-23-34(32)42(35-24-13-11-22-33(35)40)36-25-14-26-39-43(36)38-28-27-37-41(30-17-6-2-7-18-30)44(31-19-8-3-9-20-31)48-46(37)45(38)47-39/h1-28H/i10D,11D,12D,13D,21D,22D,23D,24D. The molecule has 0 atom stereocenters. The van der Waals surface area contributed by atoms with Crippen LogP contribution in [0.4, 0.5) is 0 Å². The molecule has 8 aromatic carbocycles. The summed E-state index contributed by atoms with van der Waals surface area (Å²) in [4.78, 5) is 0. The van der Waals surface area contributed by atoms with Crippen LogP contribution in [0.3, 0.4) is 0 Å². The van der Waals surface area contributed by atoms with Gasteiger partial charge in [0.05, 0.1) is 11.0 Å². The van der Waals surface area contributed by atoms with Gasteiger partial charge < -0.3 is 8.83 Å². The van der Waals surface area contributed by atoms with Gasteiger partial charge in [-0.05, 0) is 67.6 Å². The molecule has 10 aromatic rings. The topological polar surface area (TPSA) is 26.3 Å². The lowest BCUT2D eigenvalue weighted by atomic mass is 9.85. The molecule has 10 rings (SSSR count). The molecule has 2 aromatic heterocycles. The van der Waals surface area contributed by atoms with E-state index in [2.05, 4.69) is 0 Å². The number of hydrogen-bond acceptors (Lipinski definition) is 2. The van der Waals surface area contributed by atoms with E-state index >= 15 is 0 Å². The van der Waals surface area contributed by atoms with Gasteiger partial charge >= 0.3 is 0 Å². The number of furan rings is 2. The molecule has 0 N–H and O–H groups in total. The molecular weight excluding hydrogens is 585 g/mol. The first-order valence-electron chi connectivity index (χ1n) is 19.7. The zero-order valence-corrected chi connectivity index (χ0v) is 25.4. The van der Waals surface area contributed by atoms with Crippen molar-refractivity contribution in [3.05, 3.63) is 170 Å². The minimum absolute atomic E-state index is 0.144. The molecule has 0 fully saturated rings. The minimum Gasteiger partial charge on any atom is -0.452 e. The Morgan fingerprint density at radius 3 is 1.48 bits per heavy atom. The zero-order valence-electron chi connectivity index (χ0n) is 33.4. The van der Waals surface area contributed by atoms with E-state index < -0.39 is 24.2 Å². The van der Waals surface area contributed by atoms with Crippen molar-refractivity contribution in [3.8, 4) is 44.7 Å². The highest BCUT2D eigenvalue weighted by molar-refractivity contribution is 6.27. The van der Waals surface area contributed by atoms with Crippen LogP contribution in [0.1, 0.15) is 11.0 Å². The number of benzene rings is 8. The summed E-state index contributed by atoms with van der Waals surface area (Å²) in [6.07, 6.45) is 0. The molecule has 0 aliphatic carbocycles. The van der Waals surface area contributed by atoms with Gasteiger partial charge in [-0.1, -0.05) is 151 Å². The largest absolute Gasteiger partial charge is 0.452 e. The van der Waals surface area contributed by atoms with Crippen LogP contribution in [-0.2, 0) is 0 Å². The highest BCUT2D eigenvalue weighted by Gasteiger charge is 2.24. The SMILES string of the molecule is [2H]c1c([2H])c([2H])c2c(-c3cccc4oc5c(ccc6c(-c7ccccc7)c(-c7ccccc7)oc65)c34)c3c([2H])c([2H])c([2H])c([2H])c3c(-c3ccccc3)c2c1[2H]. The van der Waals surface area contributed by atoms with Gasteiger partial charge in [0.25, 0.3) is 0 Å². The Morgan fingerprint density at radius 2 is 0.875 bits per heavy atom. The van der Waals surface area contributed by atoms with Crippen LogP contribution < -0.4 is 0 Å². The van der Waals surface area contributed by atoms with Crippen LogP contribution in [0.25, 0.3) is 99.2 Å². The van der Waals surface area contributed by atoms with Gasteiger partial charge in [0.15, 0.2) is 11.2 Å². The minimum atomic E-state index is -0.452. The summed E-state index contributed by atoms with van der Waals surface area (Å²) in [5.74, 6) is 0.681. The van der Waals surface area contributed by atoms with Crippen molar-refractivity contribution in [3.63, 3.8) is 0 Å². The van der Waals surface area contributed by atoms with E-state index in [4.69, 9.17) is 14.3 Å². The van der Waals surface area contributed by atoms with Crippen molar-refractivity contribution >= 4 is 54.5 Å². The molecule has 0 saturated carbocycles. The van der Waals surface area contributed by atoms with Gasteiger partial charge in [0.2, 0.25) is 0 Å². The van der Waals surface area contributed by atoms with Crippen LogP contribution in [0.5, 0.6) is 0 Å². The summed E-state index contributed by atoms with van der Waals surface area (Å²) in [6, 6.07) is 35.2. The van der Waals surface area contributed by atoms with Gasteiger partial charge in [-0.25, -0.2) is 0 Å². The molecule has 48 heavy (non-hydrogen) atoms. The highest BCUT2D eigenvalue weighted by Crippen LogP contribution is 2.49. The fourth-order valence-electron chi connectivity index (χ4n) is 7.12. The maximum Gasteiger partial charge on any atom is 0.178 e. The van der Waals surface area contributed by atoms with Gasteiger partial charge in [0.1, 0.15) is 11.3 Å². The Hall–Kier alpha value is -6.38. The smallest absolute Gasteiger partial charge is 0.178 e. The zero-order chi connectivity index (χ0) is 38.6.